The Morgan fingerprint density at radius 2 is 2.53 bits per heavy atom. The molecule has 2 heterocycles. The number of aliphatic hydroxyl groups is 1. The van der Waals surface area contributed by atoms with Crippen LogP contribution in [0.15, 0.2) is 11.6 Å². The van der Waals surface area contributed by atoms with E-state index in [2.05, 4.69) is 4.98 Å². The van der Waals surface area contributed by atoms with Crippen LogP contribution in [0.5, 0.6) is 0 Å². The summed E-state index contributed by atoms with van der Waals surface area (Å²) < 4.78 is 10.8. The zero-order valence-electron chi connectivity index (χ0n) is 9.75. The van der Waals surface area contributed by atoms with Gasteiger partial charge in [0.05, 0.1) is 12.7 Å². The number of aliphatic hydroxyl groups excluding tert-OH is 1. The maximum Gasteiger partial charge on any atom is 0.194 e. The highest BCUT2D eigenvalue weighted by Crippen LogP contribution is 2.25. The van der Waals surface area contributed by atoms with Gasteiger partial charge in [-0.15, -0.1) is 11.3 Å². The molecule has 0 saturated carbocycles. The minimum atomic E-state index is -0.854. The molecule has 0 aromatic carbocycles. The van der Waals surface area contributed by atoms with Gasteiger partial charge in [-0.2, -0.15) is 0 Å². The number of aromatic nitrogens is 1. The summed E-state index contributed by atoms with van der Waals surface area (Å²) in [6.45, 7) is 3.87. The lowest BCUT2D eigenvalue weighted by molar-refractivity contribution is -0.150. The standard InChI is InChI=1S/C11H15NO4S/c1-11(2)15-6-9(16-11)7(13)5-8(14)10-12-3-4-17-10/h3-4,7,9,13H,5-6H2,1-2H3/t7-,9+/m0/s1. The average molecular weight is 257 g/mol. The van der Waals surface area contributed by atoms with Gasteiger partial charge in [-0.25, -0.2) is 4.98 Å². The van der Waals surface area contributed by atoms with Crippen LogP contribution >= 0.6 is 11.3 Å². The molecule has 0 aliphatic carbocycles. The molecule has 0 radical (unpaired) electrons. The van der Waals surface area contributed by atoms with E-state index in [0.29, 0.717) is 11.6 Å². The third-order valence-electron chi connectivity index (χ3n) is 2.52. The topological polar surface area (TPSA) is 68.7 Å². The van der Waals surface area contributed by atoms with Gasteiger partial charge in [0.1, 0.15) is 6.10 Å². The van der Waals surface area contributed by atoms with Crippen molar-refractivity contribution in [3.8, 4) is 0 Å². The van der Waals surface area contributed by atoms with Gasteiger partial charge in [0.25, 0.3) is 0 Å². The van der Waals surface area contributed by atoms with Crippen LogP contribution in [0, 0.1) is 0 Å². The van der Waals surface area contributed by atoms with Crippen LogP contribution in [-0.2, 0) is 9.47 Å². The molecular weight excluding hydrogens is 242 g/mol. The molecule has 0 bridgehead atoms. The van der Waals surface area contributed by atoms with Crippen molar-refractivity contribution >= 4 is 17.1 Å². The second kappa shape index (κ2) is 4.81. The zero-order valence-corrected chi connectivity index (χ0v) is 10.6. The molecule has 5 nitrogen and oxygen atoms in total. The van der Waals surface area contributed by atoms with E-state index in [1.165, 1.54) is 11.3 Å². The van der Waals surface area contributed by atoms with Gasteiger partial charge >= 0.3 is 0 Å². The average Bonchev–Trinajstić information content (AvgIpc) is 2.86. The lowest BCUT2D eigenvalue weighted by Crippen LogP contribution is -2.32. The van der Waals surface area contributed by atoms with Crippen LogP contribution in [-0.4, -0.2) is 40.5 Å². The minimum Gasteiger partial charge on any atom is -0.390 e. The molecule has 1 aromatic heterocycles. The summed E-state index contributed by atoms with van der Waals surface area (Å²) in [6.07, 6.45) is 0.280. The summed E-state index contributed by atoms with van der Waals surface area (Å²) in [7, 11) is 0. The van der Waals surface area contributed by atoms with E-state index >= 15 is 0 Å². The fraction of sp³-hybridized carbons (Fsp3) is 0.636. The van der Waals surface area contributed by atoms with Gasteiger partial charge in [-0.05, 0) is 13.8 Å². The third-order valence-corrected chi connectivity index (χ3v) is 3.34. The van der Waals surface area contributed by atoms with E-state index in [4.69, 9.17) is 9.47 Å². The highest BCUT2D eigenvalue weighted by atomic mass is 32.1. The first-order chi connectivity index (χ1) is 7.98. The van der Waals surface area contributed by atoms with Crippen molar-refractivity contribution in [1.82, 2.24) is 4.98 Å². The van der Waals surface area contributed by atoms with E-state index in [-0.39, 0.29) is 12.2 Å². The van der Waals surface area contributed by atoms with E-state index in [1.807, 2.05) is 0 Å². The second-order valence-electron chi connectivity index (χ2n) is 4.40. The predicted octanol–water partition coefficient (Wildman–Crippen LogP) is 1.23. The van der Waals surface area contributed by atoms with E-state index in [1.54, 1.807) is 25.4 Å². The summed E-state index contributed by atoms with van der Waals surface area (Å²) in [6, 6.07) is 0. The number of carbonyl (C=O) groups excluding carboxylic acids is 1. The summed E-state index contributed by atoms with van der Waals surface area (Å²) in [4.78, 5) is 15.6. The Labute approximate surface area is 103 Å². The van der Waals surface area contributed by atoms with Crippen LogP contribution in [0.1, 0.15) is 30.1 Å². The number of hydrogen-bond acceptors (Lipinski definition) is 6. The Morgan fingerprint density at radius 3 is 3.06 bits per heavy atom. The number of hydrogen-bond donors (Lipinski definition) is 1. The molecule has 2 atom stereocenters. The second-order valence-corrected chi connectivity index (χ2v) is 5.29. The number of rotatable bonds is 4. The number of nitrogens with zero attached hydrogens (tertiary/aromatic N) is 1. The molecule has 1 N–H and O–H groups in total. The Morgan fingerprint density at radius 1 is 1.76 bits per heavy atom. The van der Waals surface area contributed by atoms with E-state index < -0.39 is 18.0 Å². The van der Waals surface area contributed by atoms with Crippen LogP contribution in [0.3, 0.4) is 0 Å². The van der Waals surface area contributed by atoms with Gasteiger partial charge in [0.15, 0.2) is 16.6 Å². The lowest BCUT2D eigenvalue weighted by Gasteiger charge is -2.19. The first kappa shape index (κ1) is 12.6. The zero-order chi connectivity index (χ0) is 12.5. The normalized spacial score (nSPS) is 24.8. The summed E-state index contributed by atoms with van der Waals surface area (Å²) in [5.74, 6) is -0.851. The Balaban J connectivity index is 1.90. The van der Waals surface area contributed by atoms with Crippen molar-refractivity contribution in [3.63, 3.8) is 0 Å². The molecule has 0 unspecified atom stereocenters. The third kappa shape index (κ3) is 3.10. The first-order valence-corrected chi connectivity index (χ1v) is 6.28. The van der Waals surface area contributed by atoms with Crippen molar-refractivity contribution in [2.24, 2.45) is 0 Å². The van der Waals surface area contributed by atoms with Gasteiger partial charge in [0.2, 0.25) is 0 Å². The van der Waals surface area contributed by atoms with Gasteiger partial charge in [-0.3, -0.25) is 4.79 Å². The number of carbonyl (C=O) groups is 1. The monoisotopic (exact) mass is 257 g/mol. The maximum atomic E-state index is 11.7. The van der Waals surface area contributed by atoms with Crippen molar-refractivity contribution in [2.75, 3.05) is 6.61 Å². The Hall–Kier alpha value is -0.820. The molecule has 17 heavy (non-hydrogen) atoms. The van der Waals surface area contributed by atoms with Gasteiger partial charge < -0.3 is 14.6 Å². The van der Waals surface area contributed by atoms with Crippen molar-refractivity contribution in [3.05, 3.63) is 16.6 Å². The smallest absolute Gasteiger partial charge is 0.194 e. The predicted molar refractivity (Wildman–Crippen MR) is 62.0 cm³/mol. The molecule has 1 aliphatic rings. The van der Waals surface area contributed by atoms with E-state index in [9.17, 15) is 9.90 Å². The highest BCUT2D eigenvalue weighted by molar-refractivity contribution is 7.11. The van der Waals surface area contributed by atoms with Crippen LogP contribution in [0.2, 0.25) is 0 Å². The molecule has 2 rings (SSSR count). The fourth-order valence-corrected chi connectivity index (χ4v) is 2.26. The van der Waals surface area contributed by atoms with Crippen molar-refractivity contribution in [1.29, 1.82) is 0 Å². The largest absolute Gasteiger partial charge is 0.390 e. The first-order valence-electron chi connectivity index (χ1n) is 5.40. The minimum absolute atomic E-state index is 0.0115. The molecular formula is C11H15NO4S. The number of thiazole rings is 1. The van der Waals surface area contributed by atoms with Crippen molar-refractivity contribution in [2.45, 2.75) is 38.3 Å². The highest BCUT2D eigenvalue weighted by Gasteiger charge is 2.37. The molecule has 0 amide bonds. The quantitative estimate of drug-likeness (QED) is 0.822. The molecule has 94 valence electrons. The molecule has 1 aliphatic heterocycles. The van der Waals surface area contributed by atoms with Crippen LogP contribution in [0.4, 0.5) is 0 Å². The fourth-order valence-electron chi connectivity index (χ4n) is 1.67. The van der Waals surface area contributed by atoms with Crippen LogP contribution < -0.4 is 0 Å². The molecule has 1 aromatic rings. The lowest BCUT2D eigenvalue weighted by atomic mass is 10.1. The number of ketones is 1. The Kier molecular flexibility index (Phi) is 3.58. The van der Waals surface area contributed by atoms with Crippen molar-refractivity contribution < 1.29 is 19.4 Å². The van der Waals surface area contributed by atoms with E-state index in [0.717, 1.165) is 0 Å². The van der Waals surface area contributed by atoms with Gasteiger partial charge in [-0.1, -0.05) is 0 Å². The SMILES string of the molecule is CC1(C)OC[C@H]([C@@H](O)CC(=O)c2nccs2)O1. The molecule has 0 spiro atoms. The summed E-state index contributed by atoms with van der Waals surface area (Å²) >= 11 is 1.27. The summed E-state index contributed by atoms with van der Waals surface area (Å²) in [5, 5.41) is 12.1. The molecule has 1 fully saturated rings. The summed E-state index contributed by atoms with van der Waals surface area (Å²) in [5.41, 5.74) is 0. The number of Topliss-reactive ketones (excluding diaryl/α,β-unsaturated/α-hetero) is 1. The number of ether oxygens (including phenoxy) is 2. The molecule has 6 heteroatoms. The Bertz CT molecular complexity index is 390. The molecule has 1 saturated heterocycles. The van der Waals surface area contributed by atoms with Gasteiger partial charge in [0, 0.05) is 18.0 Å². The maximum absolute atomic E-state index is 11.7. The van der Waals surface area contributed by atoms with Crippen LogP contribution in [0.25, 0.3) is 0 Å².